The Morgan fingerprint density at radius 2 is 1.22 bits per heavy atom. The molecular formula is C61H67N4O12PS. The number of hydrogen-bond acceptors (Lipinski definition) is 15. The number of anilines is 1. The van der Waals surface area contributed by atoms with Gasteiger partial charge in [0.25, 0.3) is 0 Å². The summed E-state index contributed by atoms with van der Waals surface area (Å²) in [6, 6.07) is 56.4. The van der Waals surface area contributed by atoms with Crippen LogP contribution in [0.25, 0.3) is 0 Å². The first kappa shape index (κ1) is 57.2. The number of aliphatic hydroxyl groups excluding tert-OH is 1. The minimum atomic E-state index is -4.14. The molecule has 0 saturated carbocycles. The number of morpholine rings is 1. The Bertz CT molecular complexity index is 3060. The molecule has 2 saturated heterocycles. The van der Waals surface area contributed by atoms with Crippen LogP contribution in [0.3, 0.4) is 0 Å². The molecule has 3 N–H and O–H groups in total. The Balaban J connectivity index is 0.886. The number of nitrogens with one attached hydrogen (secondary N) is 1. The van der Waals surface area contributed by atoms with E-state index in [-0.39, 0.29) is 56.2 Å². The van der Waals surface area contributed by atoms with Crippen molar-refractivity contribution in [3.8, 4) is 11.5 Å². The molecule has 2 unspecified atom stereocenters. The van der Waals surface area contributed by atoms with Crippen molar-refractivity contribution in [1.82, 2.24) is 14.2 Å². The maximum atomic E-state index is 14.8. The van der Waals surface area contributed by atoms with Crippen LogP contribution < -0.4 is 20.5 Å². The third kappa shape index (κ3) is 12.2. The van der Waals surface area contributed by atoms with Gasteiger partial charge in [-0.2, -0.15) is 4.98 Å². The van der Waals surface area contributed by atoms with Crippen LogP contribution >= 0.6 is 19.5 Å². The van der Waals surface area contributed by atoms with Crippen molar-refractivity contribution < 1.29 is 52.3 Å². The maximum Gasteiger partial charge on any atom is 0.408 e. The Morgan fingerprint density at radius 1 is 0.734 bits per heavy atom. The summed E-state index contributed by atoms with van der Waals surface area (Å²) < 4.78 is 59.4. The van der Waals surface area contributed by atoms with Gasteiger partial charge in [-0.25, -0.2) is 14.0 Å². The van der Waals surface area contributed by atoms with E-state index in [0.29, 0.717) is 11.5 Å². The zero-order chi connectivity index (χ0) is 55.7. The molecule has 6 aromatic carbocycles. The molecule has 5 atom stereocenters. The zero-order valence-electron chi connectivity index (χ0n) is 44.9. The number of carbonyl (C=O) groups excluding carboxylic acids is 1. The fourth-order valence-electron chi connectivity index (χ4n) is 10.1. The molecular weight excluding hydrogens is 1040 g/mol. The van der Waals surface area contributed by atoms with Crippen LogP contribution in [0.4, 0.5) is 5.82 Å². The molecule has 16 nitrogen and oxygen atoms in total. The molecule has 1 aromatic heterocycles. The van der Waals surface area contributed by atoms with Gasteiger partial charge in [-0.15, -0.1) is 0 Å². The number of aliphatic hydroxyl groups is 2. The number of thioether (sulfide) groups is 1. The summed E-state index contributed by atoms with van der Waals surface area (Å²) in [7, 11) is -0.944. The maximum absolute atomic E-state index is 14.8. The van der Waals surface area contributed by atoms with Crippen LogP contribution in [0.5, 0.6) is 11.5 Å². The van der Waals surface area contributed by atoms with Crippen molar-refractivity contribution in [2.24, 2.45) is 5.41 Å². The first-order valence-electron chi connectivity index (χ1n) is 26.1. The van der Waals surface area contributed by atoms with E-state index in [1.807, 2.05) is 184 Å². The highest BCUT2D eigenvalue weighted by Crippen LogP contribution is 2.53. The van der Waals surface area contributed by atoms with Gasteiger partial charge in [0.05, 0.1) is 52.7 Å². The normalized spacial score (nSPS) is 19.8. The monoisotopic (exact) mass is 1110 g/mol. The zero-order valence-corrected chi connectivity index (χ0v) is 46.6. The van der Waals surface area contributed by atoms with Crippen LogP contribution in [0, 0.1) is 5.41 Å². The molecule has 414 valence electrons. The molecule has 3 heterocycles. The van der Waals surface area contributed by atoms with Gasteiger partial charge in [-0.1, -0.05) is 157 Å². The van der Waals surface area contributed by atoms with E-state index in [4.69, 9.17) is 32.7 Å². The van der Waals surface area contributed by atoms with Crippen LogP contribution in [-0.2, 0) is 43.8 Å². The molecule has 0 radical (unpaired) electrons. The number of aromatic nitrogens is 2. The lowest BCUT2D eigenvalue weighted by Crippen LogP contribution is -2.46. The predicted octanol–water partition coefficient (Wildman–Crippen LogP) is 9.44. The number of ether oxygens (including phenoxy) is 5. The molecule has 0 aliphatic carbocycles. The van der Waals surface area contributed by atoms with Crippen molar-refractivity contribution in [3.63, 3.8) is 0 Å². The Kier molecular flexibility index (Phi) is 18.0. The highest BCUT2D eigenvalue weighted by molar-refractivity contribution is 8.13. The van der Waals surface area contributed by atoms with Gasteiger partial charge in [0.15, 0.2) is 11.3 Å². The Morgan fingerprint density at radius 3 is 1.70 bits per heavy atom. The van der Waals surface area contributed by atoms with Gasteiger partial charge in [0.2, 0.25) is 0 Å². The molecule has 7 aromatic rings. The SMILES string of the molecule is COc1ccc(C(Nc2ccn([C@@H]3O[C@H](COP(=O)(OCCSC(=O)C(C)(C)COC(c4ccccc4)(c4ccccc4)c4ccccc4)N4CCOCC4)C(O)[C@]3(C)O)c(=O)n2)(c2ccccc2)c2ccc(OC)cc2)cc1. The summed E-state index contributed by atoms with van der Waals surface area (Å²) >= 11 is 1.04. The van der Waals surface area contributed by atoms with Crippen LogP contribution in [0.15, 0.2) is 187 Å². The average molecular weight is 1110 g/mol. The summed E-state index contributed by atoms with van der Waals surface area (Å²) in [6.45, 7) is 5.43. The highest BCUT2D eigenvalue weighted by Gasteiger charge is 2.54. The number of methoxy groups -OCH3 is 2. The molecule has 79 heavy (non-hydrogen) atoms. The second-order valence-corrected chi connectivity index (χ2v) is 23.2. The summed E-state index contributed by atoms with van der Waals surface area (Å²) in [5, 5.41) is 26.9. The second-order valence-electron chi connectivity index (χ2n) is 20.1. The van der Waals surface area contributed by atoms with Crippen molar-refractivity contribution >= 4 is 30.4 Å². The number of nitrogens with zero attached hydrogens (tertiary/aromatic N) is 3. The predicted molar refractivity (Wildman–Crippen MR) is 303 cm³/mol. The number of benzene rings is 6. The first-order chi connectivity index (χ1) is 38.1. The highest BCUT2D eigenvalue weighted by atomic mass is 32.2. The summed E-state index contributed by atoms with van der Waals surface area (Å²) in [6.07, 6.45) is -2.89. The topological polar surface area (TPSA) is 189 Å². The van der Waals surface area contributed by atoms with Crippen LogP contribution in [-0.4, -0.2) is 113 Å². The molecule has 0 amide bonds. The lowest BCUT2D eigenvalue weighted by Gasteiger charge is -2.38. The standard InChI is InChI=1S/C61H67N4O12PS/c1-58(2,43-74-61(47-20-12-7-13-21-47,48-22-14-8-15-23-48)49-24-16-9-17-25-49)56(67)79-41-40-75-78(70,64-36-38-73-39-37-64)76-42-52-54(66)59(3,69)55(77-52)65-35-34-53(62-57(65)68)63-60(44-18-10-6-11-19-44,45-26-30-50(71-4)31-27-45)46-28-32-51(72-5)33-29-46/h6-35,52,54-55,66,69H,36-43H2,1-5H3,(H,62,63,68)/t52-,54?,55-,59+,78?/m1/s1. The minimum Gasteiger partial charge on any atom is -0.497 e. The number of hydrogen-bond donors (Lipinski definition) is 3. The number of rotatable bonds is 23. The van der Waals surface area contributed by atoms with Crippen LogP contribution in [0.2, 0.25) is 0 Å². The lowest BCUT2D eigenvalue weighted by molar-refractivity contribution is -0.124. The quantitative estimate of drug-likeness (QED) is 0.0312. The molecule has 2 aliphatic rings. The molecule has 18 heteroatoms. The van der Waals surface area contributed by atoms with E-state index in [1.165, 1.54) is 13.1 Å². The fourth-order valence-corrected chi connectivity index (χ4v) is 12.7. The van der Waals surface area contributed by atoms with Gasteiger partial charge in [-0.05, 0) is 84.5 Å². The summed E-state index contributed by atoms with van der Waals surface area (Å²) in [5.41, 5.74) is -0.724. The minimum absolute atomic E-state index is 0.0651. The first-order valence-corrected chi connectivity index (χ1v) is 28.6. The molecule has 0 spiro atoms. The van der Waals surface area contributed by atoms with Gasteiger partial charge in [-0.3, -0.25) is 18.4 Å². The van der Waals surface area contributed by atoms with Crippen molar-refractivity contribution in [1.29, 1.82) is 0 Å². The smallest absolute Gasteiger partial charge is 0.408 e. The number of carbonyl (C=O) groups is 1. The van der Waals surface area contributed by atoms with E-state index >= 15 is 0 Å². The van der Waals surface area contributed by atoms with Gasteiger partial charge >= 0.3 is 13.4 Å². The van der Waals surface area contributed by atoms with Gasteiger partial charge in [0.1, 0.15) is 46.3 Å². The van der Waals surface area contributed by atoms with E-state index in [2.05, 4.69) is 10.3 Å². The second kappa shape index (κ2) is 24.9. The van der Waals surface area contributed by atoms with E-state index in [9.17, 15) is 24.4 Å². The average Bonchev–Trinajstić information content (AvgIpc) is 3.96. The fraction of sp³-hybridized carbons (Fsp3) is 0.328. The van der Waals surface area contributed by atoms with E-state index < -0.39 is 60.6 Å². The van der Waals surface area contributed by atoms with Crippen molar-refractivity contribution in [3.05, 3.63) is 226 Å². The summed E-state index contributed by atoms with van der Waals surface area (Å²) in [5.74, 6) is 1.65. The summed E-state index contributed by atoms with van der Waals surface area (Å²) in [4.78, 5) is 32.7. The lowest BCUT2D eigenvalue weighted by atomic mass is 9.77. The molecule has 2 fully saturated rings. The Hall–Kier alpha value is -6.47. The third-order valence-electron chi connectivity index (χ3n) is 14.5. The van der Waals surface area contributed by atoms with Crippen LogP contribution in [0.1, 0.15) is 60.4 Å². The molecule has 0 bridgehead atoms. The largest absolute Gasteiger partial charge is 0.497 e. The molecule has 2 aliphatic heterocycles. The van der Waals surface area contributed by atoms with Gasteiger partial charge in [0, 0.05) is 25.0 Å². The van der Waals surface area contributed by atoms with Gasteiger partial charge < -0.3 is 39.2 Å². The Labute approximate surface area is 465 Å². The molecule has 9 rings (SSSR count). The van der Waals surface area contributed by atoms with E-state index in [1.54, 1.807) is 25.0 Å². The van der Waals surface area contributed by atoms with Crippen molar-refractivity contribution in [2.75, 3.05) is 71.4 Å². The van der Waals surface area contributed by atoms with E-state index in [0.717, 1.165) is 49.7 Å². The third-order valence-corrected chi connectivity index (χ3v) is 17.7. The van der Waals surface area contributed by atoms with Crippen molar-refractivity contribution in [2.45, 2.75) is 55.9 Å².